The van der Waals surface area contributed by atoms with Crippen LogP contribution >= 0.6 is 31.9 Å². The maximum absolute atomic E-state index is 12.0. The lowest BCUT2D eigenvalue weighted by molar-refractivity contribution is -0.384. The molecular weight excluding hydrogens is 394 g/mol. The highest BCUT2D eigenvalue weighted by molar-refractivity contribution is 9.11. The Hall–Kier alpha value is -1.73. The van der Waals surface area contributed by atoms with Gasteiger partial charge in [-0.05, 0) is 56.1 Å². The normalized spacial score (nSPS) is 10.1. The zero-order valence-electron chi connectivity index (χ0n) is 9.88. The molecule has 0 N–H and O–H groups in total. The van der Waals surface area contributed by atoms with Gasteiger partial charge in [0.2, 0.25) is 0 Å². The summed E-state index contributed by atoms with van der Waals surface area (Å²) >= 11 is 6.56. The molecule has 0 saturated carbocycles. The summed E-state index contributed by atoms with van der Waals surface area (Å²) in [6.45, 7) is 0. The number of halogens is 2. The van der Waals surface area contributed by atoms with Crippen LogP contribution in [-0.4, -0.2) is 10.9 Å². The third kappa shape index (κ3) is 3.23. The second-order valence-electron chi connectivity index (χ2n) is 3.74. The van der Waals surface area contributed by atoms with Crippen LogP contribution in [0.5, 0.6) is 5.75 Å². The van der Waals surface area contributed by atoms with Crippen LogP contribution in [0.1, 0.15) is 10.4 Å². The van der Waals surface area contributed by atoms with Gasteiger partial charge in [0.1, 0.15) is 0 Å². The van der Waals surface area contributed by atoms with Crippen LogP contribution in [0.4, 0.5) is 5.69 Å². The molecule has 0 radical (unpaired) electrons. The number of nitro benzene ring substituents is 1. The van der Waals surface area contributed by atoms with E-state index in [0.29, 0.717) is 14.7 Å². The van der Waals surface area contributed by atoms with Gasteiger partial charge in [-0.3, -0.25) is 10.1 Å². The number of hydrogen-bond donors (Lipinski definition) is 0. The number of carbonyl (C=O) groups excluding carboxylic acids is 1. The minimum absolute atomic E-state index is 0.0800. The molecule has 0 saturated heterocycles. The molecule has 20 heavy (non-hydrogen) atoms. The number of ether oxygens (including phenoxy) is 1. The topological polar surface area (TPSA) is 69.4 Å². The van der Waals surface area contributed by atoms with Crippen molar-refractivity contribution in [3.8, 4) is 5.75 Å². The summed E-state index contributed by atoms with van der Waals surface area (Å²) in [5, 5.41) is 10.5. The molecule has 2 aromatic rings. The Balaban J connectivity index is 2.22. The lowest BCUT2D eigenvalue weighted by Gasteiger charge is -2.08. The number of nitrogens with zero attached hydrogens (tertiary/aromatic N) is 1. The molecule has 0 heterocycles. The Labute approximate surface area is 131 Å². The monoisotopic (exact) mass is 399 g/mol. The van der Waals surface area contributed by atoms with E-state index in [1.807, 2.05) is 0 Å². The number of hydrogen-bond acceptors (Lipinski definition) is 4. The number of para-hydroxylation sites is 1. The summed E-state index contributed by atoms with van der Waals surface area (Å²) in [6, 6.07) is 10.5. The molecule has 0 aliphatic carbocycles. The molecular formula is C13H7Br2NO4. The van der Waals surface area contributed by atoms with E-state index in [-0.39, 0.29) is 11.3 Å². The molecule has 0 aliphatic heterocycles. The summed E-state index contributed by atoms with van der Waals surface area (Å²) in [4.78, 5) is 22.0. The predicted molar refractivity (Wildman–Crippen MR) is 79.9 cm³/mol. The second kappa shape index (κ2) is 6.15. The smallest absolute Gasteiger partial charge is 0.343 e. The van der Waals surface area contributed by atoms with E-state index >= 15 is 0 Å². The highest BCUT2D eigenvalue weighted by atomic mass is 79.9. The molecule has 0 amide bonds. The van der Waals surface area contributed by atoms with Crippen LogP contribution in [0, 0.1) is 10.1 Å². The van der Waals surface area contributed by atoms with E-state index in [1.54, 1.807) is 18.2 Å². The molecule has 0 aromatic heterocycles. The predicted octanol–water partition coefficient (Wildman–Crippen LogP) is 4.34. The standard InChI is InChI=1S/C13H7Br2NO4/c14-10-2-1-3-11(15)12(10)20-13(17)8-4-6-9(7-5-8)16(18)19/h1-7H. The molecule has 7 heteroatoms. The number of rotatable bonds is 3. The van der Waals surface area contributed by atoms with Gasteiger partial charge in [0, 0.05) is 12.1 Å². The number of esters is 1. The van der Waals surface area contributed by atoms with Gasteiger partial charge >= 0.3 is 5.97 Å². The first-order valence-corrected chi connectivity index (χ1v) is 6.98. The van der Waals surface area contributed by atoms with Crippen molar-refractivity contribution in [3.63, 3.8) is 0 Å². The van der Waals surface area contributed by atoms with E-state index in [4.69, 9.17) is 4.74 Å². The third-order valence-electron chi connectivity index (χ3n) is 2.43. The van der Waals surface area contributed by atoms with E-state index in [0.717, 1.165) is 0 Å². The van der Waals surface area contributed by atoms with Gasteiger partial charge in [-0.1, -0.05) is 6.07 Å². The Morgan fingerprint density at radius 1 is 1.05 bits per heavy atom. The van der Waals surface area contributed by atoms with Gasteiger partial charge in [0.05, 0.1) is 19.4 Å². The molecule has 0 unspecified atom stereocenters. The number of non-ortho nitro benzene ring substituents is 1. The molecule has 5 nitrogen and oxygen atoms in total. The zero-order valence-corrected chi connectivity index (χ0v) is 13.0. The van der Waals surface area contributed by atoms with Crippen LogP contribution in [0.3, 0.4) is 0 Å². The summed E-state index contributed by atoms with van der Waals surface area (Å²) in [5.41, 5.74) is 0.155. The Bertz CT molecular complexity index is 650. The van der Waals surface area contributed by atoms with Crippen molar-refractivity contribution in [1.29, 1.82) is 0 Å². The molecule has 0 fully saturated rings. The van der Waals surface area contributed by atoms with E-state index < -0.39 is 10.9 Å². The van der Waals surface area contributed by atoms with Crippen molar-refractivity contribution in [2.45, 2.75) is 0 Å². The molecule has 2 rings (SSSR count). The first-order valence-electron chi connectivity index (χ1n) is 5.39. The zero-order chi connectivity index (χ0) is 14.7. The van der Waals surface area contributed by atoms with Crippen LogP contribution in [0.25, 0.3) is 0 Å². The van der Waals surface area contributed by atoms with Gasteiger partial charge in [0.25, 0.3) is 5.69 Å². The van der Waals surface area contributed by atoms with Crippen molar-refractivity contribution in [2.24, 2.45) is 0 Å². The highest BCUT2D eigenvalue weighted by Crippen LogP contribution is 2.33. The first kappa shape index (κ1) is 14.7. The average molecular weight is 401 g/mol. The summed E-state index contributed by atoms with van der Waals surface area (Å²) in [5.74, 6) is -0.233. The first-order chi connectivity index (χ1) is 9.49. The summed E-state index contributed by atoms with van der Waals surface area (Å²) < 4.78 is 6.51. The van der Waals surface area contributed by atoms with E-state index in [2.05, 4.69) is 31.9 Å². The van der Waals surface area contributed by atoms with Gasteiger partial charge in [-0.2, -0.15) is 0 Å². The molecule has 0 aliphatic rings. The second-order valence-corrected chi connectivity index (χ2v) is 5.45. The molecule has 102 valence electrons. The molecule has 0 atom stereocenters. The fourth-order valence-corrected chi connectivity index (χ4v) is 2.61. The fourth-order valence-electron chi connectivity index (χ4n) is 1.45. The largest absolute Gasteiger partial charge is 0.421 e. The minimum Gasteiger partial charge on any atom is -0.421 e. The minimum atomic E-state index is -0.590. The van der Waals surface area contributed by atoms with Crippen LogP contribution < -0.4 is 4.74 Å². The lowest BCUT2D eigenvalue weighted by Crippen LogP contribution is -2.09. The van der Waals surface area contributed by atoms with Crippen molar-refractivity contribution >= 4 is 43.5 Å². The quantitative estimate of drug-likeness (QED) is 0.332. The third-order valence-corrected chi connectivity index (χ3v) is 3.68. The van der Waals surface area contributed by atoms with Crippen molar-refractivity contribution in [1.82, 2.24) is 0 Å². The Morgan fingerprint density at radius 3 is 2.10 bits per heavy atom. The SMILES string of the molecule is O=C(Oc1c(Br)cccc1Br)c1ccc([N+](=O)[O-])cc1. The molecule has 2 aromatic carbocycles. The summed E-state index contributed by atoms with van der Waals surface area (Å²) in [6.07, 6.45) is 0. The molecule has 0 spiro atoms. The van der Waals surface area contributed by atoms with Crippen molar-refractivity contribution in [3.05, 3.63) is 67.1 Å². The maximum Gasteiger partial charge on any atom is 0.343 e. The number of benzene rings is 2. The van der Waals surface area contributed by atoms with Gasteiger partial charge in [0.15, 0.2) is 5.75 Å². The van der Waals surface area contributed by atoms with E-state index in [1.165, 1.54) is 24.3 Å². The number of carbonyl (C=O) groups is 1. The van der Waals surface area contributed by atoms with Gasteiger partial charge < -0.3 is 4.74 Å². The van der Waals surface area contributed by atoms with Crippen molar-refractivity contribution in [2.75, 3.05) is 0 Å². The molecule has 0 bridgehead atoms. The Morgan fingerprint density at radius 2 is 1.60 bits per heavy atom. The summed E-state index contributed by atoms with van der Waals surface area (Å²) in [7, 11) is 0. The average Bonchev–Trinajstić information content (AvgIpc) is 2.43. The van der Waals surface area contributed by atoms with Gasteiger partial charge in [-0.25, -0.2) is 4.79 Å². The lowest BCUT2D eigenvalue weighted by atomic mass is 10.2. The van der Waals surface area contributed by atoms with Crippen molar-refractivity contribution < 1.29 is 14.5 Å². The van der Waals surface area contributed by atoms with Crippen LogP contribution in [-0.2, 0) is 0 Å². The number of nitro groups is 1. The van der Waals surface area contributed by atoms with E-state index in [9.17, 15) is 14.9 Å². The van der Waals surface area contributed by atoms with Crippen LogP contribution in [0.2, 0.25) is 0 Å². The van der Waals surface area contributed by atoms with Gasteiger partial charge in [-0.15, -0.1) is 0 Å². The van der Waals surface area contributed by atoms with Crippen LogP contribution in [0.15, 0.2) is 51.4 Å². The maximum atomic E-state index is 12.0. The fraction of sp³-hybridized carbons (Fsp3) is 0. The Kier molecular flexibility index (Phi) is 4.51. The highest BCUT2D eigenvalue weighted by Gasteiger charge is 2.14.